The SMILES string of the molecule is Cc1ccc(C(=O)COc2ccc(Cl)cc2Cl)cc1. The number of rotatable bonds is 4. The minimum atomic E-state index is -0.0917. The van der Waals surface area contributed by atoms with Gasteiger partial charge in [0, 0.05) is 10.6 Å². The Labute approximate surface area is 121 Å². The number of ether oxygens (including phenoxy) is 1. The van der Waals surface area contributed by atoms with E-state index in [1.54, 1.807) is 30.3 Å². The Balaban J connectivity index is 2.02. The fourth-order valence-corrected chi connectivity index (χ4v) is 2.02. The second kappa shape index (κ2) is 6.09. The maximum Gasteiger partial charge on any atom is 0.200 e. The molecule has 0 atom stereocenters. The second-order valence-corrected chi connectivity index (χ2v) is 5.00. The molecule has 0 aliphatic heterocycles. The number of carbonyl (C=O) groups excluding carboxylic acids is 1. The molecule has 0 amide bonds. The summed E-state index contributed by atoms with van der Waals surface area (Å²) < 4.78 is 5.40. The molecular weight excluding hydrogens is 283 g/mol. The molecule has 0 aromatic heterocycles. The lowest BCUT2D eigenvalue weighted by atomic mass is 10.1. The highest BCUT2D eigenvalue weighted by atomic mass is 35.5. The molecule has 0 heterocycles. The molecule has 4 heteroatoms. The Morgan fingerprint density at radius 3 is 2.42 bits per heavy atom. The highest BCUT2D eigenvalue weighted by Gasteiger charge is 2.08. The topological polar surface area (TPSA) is 26.3 Å². The zero-order valence-electron chi connectivity index (χ0n) is 10.3. The zero-order chi connectivity index (χ0) is 13.8. The summed E-state index contributed by atoms with van der Waals surface area (Å²) in [7, 11) is 0. The van der Waals surface area contributed by atoms with Crippen LogP contribution in [0, 0.1) is 6.92 Å². The van der Waals surface area contributed by atoms with Gasteiger partial charge in [-0.05, 0) is 25.1 Å². The lowest BCUT2D eigenvalue weighted by Crippen LogP contribution is -2.11. The Kier molecular flexibility index (Phi) is 4.46. The smallest absolute Gasteiger partial charge is 0.200 e. The van der Waals surface area contributed by atoms with Crippen LogP contribution in [0.1, 0.15) is 15.9 Å². The third kappa shape index (κ3) is 3.72. The standard InChI is InChI=1S/C15H12Cl2O2/c1-10-2-4-11(5-3-10)14(18)9-19-15-7-6-12(16)8-13(15)17/h2-8H,9H2,1H3. The van der Waals surface area contributed by atoms with Gasteiger partial charge in [-0.2, -0.15) is 0 Å². The maximum absolute atomic E-state index is 11.9. The van der Waals surface area contributed by atoms with Crippen molar-refractivity contribution in [1.29, 1.82) is 0 Å². The molecule has 0 spiro atoms. The molecule has 2 nitrogen and oxygen atoms in total. The van der Waals surface area contributed by atoms with Crippen molar-refractivity contribution < 1.29 is 9.53 Å². The van der Waals surface area contributed by atoms with E-state index in [9.17, 15) is 4.79 Å². The summed E-state index contributed by atoms with van der Waals surface area (Å²) in [5.41, 5.74) is 1.73. The number of hydrogen-bond donors (Lipinski definition) is 0. The van der Waals surface area contributed by atoms with Gasteiger partial charge in [-0.1, -0.05) is 53.0 Å². The molecule has 98 valence electrons. The molecule has 0 bridgehead atoms. The number of ketones is 1. The zero-order valence-corrected chi connectivity index (χ0v) is 11.8. The van der Waals surface area contributed by atoms with Crippen LogP contribution in [0.25, 0.3) is 0 Å². The largest absolute Gasteiger partial charge is 0.484 e. The summed E-state index contributed by atoms with van der Waals surface area (Å²) in [6.45, 7) is 1.92. The van der Waals surface area contributed by atoms with Crippen molar-refractivity contribution in [2.45, 2.75) is 6.92 Å². The number of carbonyl (C=O) groups is 1. The van der Waals surface area contributed by atoms with Crippen LogP contribution in [0.15, 0.2) is 42.5 Å². The molecule has 0 N–H and O–H groups in total. The predicted molar refractivity (Wildman–Crippen MR) is 77.5 cm³/mol. The fourth-order valence-electron chi connectivity index (χ4n) is 1.56. The summed E-state index contributed by atoms with van der Waals surface area (Å²) in [5, 5.41) is 0.923. The Bertz CT molecular complexity index is 592. The van der Waals surface area contributed by atoms with Gasteiger partial charge in [0.1, 0.15) is 5.75 Å². The van der Waals surface area contributed by atoms with Crippen molar-refractivity contribution in [2.75, 3.05) is 6.61 Å². The Hall–Kier alpha value is -1.51. The van der Waals surface area contributed by atoms with E-state index in [-0.39, 0.29) is 12.4 Å². The minimum absolute atomic E-state index is 0.0512. The number of Topliss-reactive ketones (excluding diaryl/α,β-unsaturated/α-hetero) is 1. The fraction of sp³-hybridized carbons (Fsp3) is 0.133. The van der Waals surface area contributed by atoms with E-state index in [2.05, 4.69) is 0 Å². The van der Waals surface area contributed by atoms with Gasteiger partial charge >= 0.3 is 0 Å². The minimum Gasteiger partial charge on any atom is -0.484 e. The van der Waals surface area contributed by atoms with Crippen molar-refractivity contribution in [2.24, 2.45) is 0 Å². The summed E-state index contributed by atoms with van der Waals surface area (Å²) in [6.07, 6.45) is 0. The van der Waals surface area contributed by atoms with Crippen LogP contribution in [-0.4, -0.2) is 12.4 Å². The third-order valence-corrected chi connectivity index (χ3v) is 3.16. The molecule has 0 radical (unpaired) electrons. The van der Waals surface area contributed by atoms with E-state index in [0.717, 1.165) is 5.56 Å². The molecule has 2 aromatic carbocycles. The molecule has 2 aromatic rings. The monoisotopic (exact) mass is 294 g/mol. The van der Waals surface area contributed by atoms with Gasteiger partial charge in [0.15, 0.2) is 12.4 Å². The molecule has 0 saturated heterocycles. The van der Waals surface area contributed by atoms with Crippen molar-refractivity contribution in [3.8, 4) is 5.75 Å². The van der Waals surface area contributed by atoms with Crippen molar-refractivity contribution in [1.82, 2.24) is 0 Å². The number of benzene rings is 2. The van der Waals surface area contributed by atoms with Gasteiger partial charge in [0.05, 0.1) is 5.02 Å². The molecule has 0 fully saturated rings. The van der Waals surface area contributed by atoms with Gasteiger partial charge in [0.25, 0.3) is 0 Å². The average Bonchev–Trinajstić information content (AvgIpc) is 2.38. The lowest BCUT2D eigenvalue weighted by molar-refractivity contribution is 0.0921. The third-order valence-electron chi connectivity index (χ3n) is 2.63. The summed E-state index contributed by atoms with van der Waals surface area (Å²) >= 11 is 11.7. The van der Waals surface area contributed by atoms with Crippen LogP contribution < -0.4 is 4.74 Å². The first-order valence-corrected chi connectivity index (χ1v) is 6.49. The quantitative estimate of drug-likeness (QED) is 0.773. The van der Waals surface area contributed by atoms with Gasteiger partial charge in [-0.25, -0.2) is 0 Å². The van der Waals surface area contributed by atoms with Gasteiger partial charge in [-0.15, -0.1) is 0 Å². The van der Waals surface area contributed by atoms with Gasteiger partial charge < -0.3 is 4.74 Å². The van der Waals surface area contributed by atoms with Crippen molar-refractivity contribution >= 4 is 29.0 Å². The lowest BCUT2D eigenvalue weighted by Gasteiger charge is -2.07. The molecular formula is C15H12Cl2O2. The van der Waals surface area contributed by atoms with Crippen LogP contribution in [0.5, 0.6) is 5.75 Å². The highest BCUT2D eigenvalue weighted by molar-refractivity contribution is 6.35. The van der Waals surface area contributed by atoms with E-state index in [1.807, 2.05) is 19.1 Å². The van der Waals surface area contributed by atoms with Crippen LogP contribution in [0.4, 0.5) is 0 Å². The van der Waals surface area contributed by atoms with Gasteiger partial charge in [-0.3, -0.25) is 4.79 Å². The predicted octanol–water partition coefficient (Wildman–Crippen LogP) is 4.56. The van der Waals surface area contributed by atoms with E-state index in [1.165, 1.54) is 0 Å². The maximum atomic E-state index is 11.9. The van der Waals surface area contributed by atoms with Crippen molar-refractivity contribution in [3.63, 3.8) is 0 Å². The molecule has 0 aliphatic carbocycles. The van der Waals surface area contributed by atoms with E-state index in [4.69, 9.17) is 27.9 Å². The molecule has 0 saturated carbocycles. The normalized spacial score (nSPS) is 10.3. The summed E-state index contributed by atoms with van der Waals surface area (Å²) in [6, 6.07) is 12.2. The van der Waals surface area contributed by atoms with E-state index in [0.29, 0.717) is 21.4 Å². The molecule has 2 rings (SSSR count). The van der Waals surface area contributed by atoms with E-state index < -0.39 is 0 Å². The van der Waals surface area contributed by atoms with Gasteiger partial charge in [0.2, 0.25) is 0 Å². The first-order chi connectivity index (χ1) is 9.06. The van der Waals surface area contributed by atoms with Crippen LogP contribution >= 0.6 is 23.2 Å². The molecule has 19 heavy (non-hydrogen) atoms. The van der Waals surface area contributed by atoms with E-state index >= 15 is 0 Å². The van der Waals surface area contributed by atoms with Crippen LogP contribution in [0.2, 0.25) is 10.0 Å². The average molecular weight is 295 g/mol. The van der Waals surface area contributed by atoms with Crippen molar-refractivity contribution in [3.05, 3.63) is 63.6 Å². The van der Waals surface area contributed by atoms with Crippen LogP contribution in [-0.2, 0) is 0 Å². The Morgan fingerprint density at radius 1 is 1.11 bits per heavy atom. The number of hydrogen-bond acceptors (Lipinski definition) is 2. The Morgan fingerprint density at radius 2 is 1.79 bits per heavy atom. The second-order valence-electron chi connectivity index (χ2n) is 4.15. The summed E-state index contributed by atoms with van der Waals surface area (Å²) in [5.74, 6) is 0.359. The number of aryl methyl sites for hydroxylation is 1. The summed E-state index contributed by atoms with van der Waals surface area (Å²) in [4.78, 5) is 11.9. The molecule has 0 unspecified atom stereocenters. The first kappa shape index (κ1) is 13.9. The highest BCUT2D eigenvalue weighted by Crippen LogP contribution is 2.27. The van der Waals surface area contributed by atoms with Crippen LogP contribution in [0.3, 0.4) is 0 Å². The number of halogens is 2. The first-order valence-electron chi connectivity index (χ1n) is 5.74. The molecule has 0 aliphatic rings.